The Morgan fingerprint density at radius 1 is 1.21 bits per heavy atom. The van der Waals surface area contributed by atoms with Crippen molar-refractivity contribution in [2.24, 2.45) is 5.73 Å². The molecule has 0 amide bonds. The Morgan fingerprint density at radius 2 is 1.71 bits per heavy atom. The minimum absolute atomic E-state index is 0.138. The lowest BCUT2D eigenvalue weighted by molar-refractivity contribution is 0.0962. The molecule has 0 aliphatic carbocycles. The summed E-state index contributed by atoms with van der Waals surface area (Å²) < 4.78 is 5.24. The fraction of sp³-hybridized carbons (Fsp3) is 1.00. The molecule has 0 aromatic carbocycles. The van der Waals surface area contributed by atoms with E-state index in [2.05, 4.69) is 26.1 Å². The van der Waals surface area contributed by atoms with E-state index < -0.39 is 0 Å². The maximum absolute atomic E-state index is 5.57. The molecule has 0 bridgehead atoms. The molecule has 0 fully saturated rings. The molecule has 3 heteroatoms. The van der Waals surface area contributed by atoms with E-state index in [1.807, 2.05) is 0 Å². The summed E-state index contributed by atoms with van der Waals surface area (Å²) in [6, 6.07) is 0. The summed E-state index contributed by atoms with van der Waals surface area (Å²) in [5, 5.41) is 3.58. The van der Waals surface area contributed by atoms with E-state index in [-0.39, 0.29) is 11.6 Å². The van der Waals surface area contributed by atoms with Gasteiger partial charge in [0.25, 0.3) is 0 Å². The van der Waals surface area contributed by atoms with Crippen molar-refractivity contribution in [3.05, 3.63) is 0 Å². The minimum atomic E-state index is 0.138. The molecule has 3 nitrogen and oxygen atoms in total. The van der Waals surface area contributed by atoms with Crippen molar-refractivity contribution in [3.8, 4) is 0 Å². The van der Waals surface area contributed by atoms with Gasteiger partial charge in [0.15, 0.2) is 0 Å². The van der Waals surface area contributed by atoms with Crippen LogP contribution in [-0.4, -0.2) is 31.8 Å². The molecule has 0 aliphatic heterocycles. The quantitative estimate of drug-likeness (QED) is 0.627. The monoisotopic (exact) mass is 202 g/mol. The Morgan fingerprint density at radius 3 is 2.00 bits per heavy atom. The zero-order valence-electron chi connectivity index (χ0n) is 10.1. The fourth-order valence-electron chi connectivity index (χ4n) is 1.72. The highest BCUT2D eigenvalue weighted by molar-refractivity contribution is 4.84. The molecule has 86 valence electrons. The van der Waals surface area contributed by atoms with Gasteiger partial charge in [0, 0.05) is 25.7 Å². The number of methoxy groups -OCH3 is 1. The van der Waals surface area contributed by atoms with Gasteiger partial charge in [-0.1, -0.05) is 20.8 Å². The first kappa shape index (κ1) is 13.9. The minimum Gasteiger partial charge on any atom is -0.379 e. The number of nitrogens with one attached hydrogen (secondary N) is 1. The summed E-state index contributed by atoms with van der Waals surface area (Å²) in [6.07, 6.45) is 3.60. The highest BCUT2D eigenvalue weighted by atomic mass is 16.5. The van der Waals surface area contributed by atoms with E-state index in [0.29, 0.717) is 6.54 Å². The molecular formula is C11H26N2O. The lowest BCUT2D eigenvalue weighted by Gasteiger charge is -2.33. The number of rotatable bonds is 8. The van der Waals surface area contributed by atoms with Crippen LogP contribution in [0.25, 0.3) is 0 Å². The Bertz CT molecular complexity index is 123. The van der Waals surface area contributed by atoms with Gasteiger partial charge >= 0.3 is 0 Å². The highest BCUT2D eigenvalue weighted by Crippen LogP contribution is 2.18. The van der Waals surface area contributed by atoms with E-state index >= 15 is 0 Å². The van der Waals surface area contributed by atoms with Crippen molar-refractivity contribution in [2.75, 3.05) is 20.2 Å². The van der Waals surface area contributed by atoms with Crippen LogP contribution in [0.5, 0.6) is 0 Å². The standard InChI is InChI=1S/C11H26N2O/c1-5-11(6-2,7-3)13-9-10(8-12)14-4/h10,13H,5-9,12H2,1-4H3. The van der Waals surface area contributed by atoms with E-state index in [1.165, 1.54) is 0 Å². The number of hydrogen-bond acceptors (Lipinski definition) is 3. The van der Waals surface area contributed by atoms with Gasteiger partial charge in [0.1, 0.15) is 0 Å². The first-order valence-corrected chi connectivity index (χ1v) is 5.65. The molecule has 0 aromatic rings. The summed E-state index contributed by atoms with van der Waals surface area (Å²) in [5.74, 6) is 0. The van der Waals surface area contributed by atoms with Crippen molar-refractivity contribution in [3.63, 3.8) is 0 Å². The zero-order chi connectivity index (χ0) is 11.0. The number of nitrogens with two attached hydrogens (primary N) is 1. The fourth-order valence-corrected chi connectivity index (χ4v) is 1.72. The predicted octanol–water partition coefficient (Wildman–Crippen LogP) is 1.52. The van der Waals surface area contributed by atoms with Crippen LogP contribution in [0.2, 0.25) is 0 Å². The van der Waals surface area contributed by atoms with Crippen LogP contribution in [0.15, 0.2) is 0 Å². The topological polar surface area (TPSA) is 47.3 Å². The Balaban J connectivity index is 4.04. The third kappa shape index (κ3) is 3.95. The van der Waals surface area contributed by atoms with Crippen LogP contribution in [0.4, 0.5) is 0 Å². The van der Waals surface area contributed by atoms with Crippen LogP contribution < -0.4 is 11.1 Å². The Kier molecular flexibility index (Phi) is 7.15. The number of ether oxygens (including phenoxy) is 1. The third-order valence-electron chi connectivity index (χ3n) is 3.33. The molecule has 0 saturated heterocycles. The average molecular weight is 202 g/mol. The predicted molar refractivity (Wildman–Crippen MR) is 61.5 cm³/mol. The average Bonchev–Trinajstić information content (AvgIpc) is 2.26. The van der Waals surface area contributed by atoms with Crippen LogP contribution in [0, 0.1) is 0 Å². The van der Waals surface area contributed by atoms with E-state index in [1.54, 1.807) is 7.11 Å². The first-order chi connectivity index (χ1) is 6.67. The van der Waals surface area contributed by atoms with Crippen molar-refractivity contribution in [1.29, 1.82) is 0 Å². The summed E-state index contributed by atoms with van der Waals surface area (Å²) in [6.45, 7) is 8.11. The normalized spacial score (nSPS) is 14.4. The summed E-state index contributed by atoms with van der Waals surface area (Å²) in [5.41, 5.74) is 5.84. The molecule has 1 unspecified atom stereocenters. The Hall–Kier alpha value is -0.120. The van der Waals surface area contributed by atoms with Gasteiger partial charge in [-0.25, -0.2) is 0 Å². The maximum Gasteiger partial charge on any atom is 0.0817 e. The lowest BCUT2D eigenvalue weighted by atomic mass is 9.89. The van der Waals surface area contributed by atoms with Crippen molar-refractivity contribution >= 4 is 0 Å². The molecule has 0 radical (unpaired) electrons. The SMILES string of the molecule is CCC(CC)(CC)NCC(CN)OC. The maximum atomic E-state index is 5.57. The number of hydrogen-bond donors (Lipinski definition) is 2. The van der Waals surface area contributed by atoms with Gasteiger partial charge in [-0.2, -0.15) is 0 Å². The van der Waals surface area contributed by atoms with Crippen molar-refractivity contribution in [1.82, 2.24) is 5.32 Å². The second-order valence-corrected chi connectivity index (χ2v) is 3.82. The molecule has 0 aromatic heterocycles. The first-order valence-electron chi connectivity index (χ1n) is 5.65. The summed E-state index contributed by atoms with van der Waals surface area (Å²) in [7, 11) is 1.71. The van der Waals surface area contributed by atoms with Gasteiger partial charge < -0.3 is 15.8 Å². The van der Waals surface area contributed by atoms with Gasteiger partial charge in [-0.15, -0.1) is 0 Å². The highest BCUT2D eigenvalue weighted by Gasteiger charge is 2.23. The molecule has 1 atom stereocenters. The van der Waals surface area contributed by atoms with Crippen LogP contribution >= 0.6 is 0 Å². The third-order valence-corrected chi connectivity index (χ3v) is 3.33. The zero-order valence-corrected chi connectivity index (χ0v) is 10.1. The van der Waals surface area contributed by atoms with Gasteiger partial charge in [-0.3, -0.25) is 0 Å². The van der Waals surface area contributed by atoms with Gasteiger partial charge in [-0.05, 0) is 19.3 Å². The molecule has 0 aliphatic rings. The molecule has 14 heavy (non-hydrogen) atoms. The second-order valence-electron chi connectivity index (χ2n) is 3.82. The molecule has 0 saturated carbocycles. The smallest absolute Gasteiger partial charge is 0.0817 e. The van der Waals surface area contributed by atoms with Crippen molar-refractivity contribution < 1.29 is 4.74 Å². The molecule has 0 heterocycles. The Labute approximate surface area is 88.4 Å². The largest absolute Gasteiger partial charge is 0.379 e. The van der Waals surface area contributed by atoms with Crippen LogP contribution in [0.1, 0.15) is 40.0 Å². The second kappa shape index (κ2) is 7.21. The lowest BCUT2D eigenvalue weighted by Crippen LogP contribution is -2.48. The van der Waals surface area contributed by atoms with E-state index in [4.69, 9.17) is 10.5 Å². The molecule has 0 spiro atoms. The molecule has 0 rings (SSSR count). The summed E-state index contributed by atoms with van der Waals surface area (Å²) >= 11 is 0. The summed E-state index contributed by atoms with van der Waals surface area (Å²) in [4.78, 5) is 0. The van der Waals surface area contributed by atoms with E-state index in [0.717, 1.165) is 25.8 Å². The molecule has 3 N–H and O–H groups in total. The van der Waals surface area contributed by atoms with E-state index in [9.17, 15) is 0 Å². The van der Waals surface area contributed by atoms with Crippen LogP contribution in [-0.2, 0) is 4.74 Å². The van der Waals surface area contributed by atoms with Gasteiger partial charge in [0.05, 0.1) is 6.10 Å². The molecular weight excluding hydrogens is 176 g/mol. The van der Waals surface area contributed by atoms with Crippen molar-refractivity contribution in [2.45, 2.75) is 51.7 Å². The van der Waals surface area contributed by atoms with Gasteiger partial charge in [0.2, 0.25) is 0 Å². The van der Waals surface area contributed by atoms with Crippen LogP contribution in [0.3, 0.4) is 0 Å².